The lowest BCUT2D eigenvalue weighted by molar-refractivity contribution is -0.876. The van der Waals surface area contributed by atoms with E-state index in [0.717, 1.165) is 22.9 Å². The monoisotopic (exact) mass is 224 g/mol. The third kappa shape index (κ3) is 6.31. The summed E-state index contributed by atoms with van der Waals surface area (Å²) in [6, 6.07) is 0. The molecule has 0 fully saturated rings. The zero-order chi connectivity index (χ0) is 8.91. The summed E-state index contributed by atoms with van der Waals surface area (Å²) in [7, 11) is 4.13. The fourth-order valence-electron chi connectivity index (χ4n) is 0.718. The van der Waals surface area contributed by atoms with Gasteiger partial charge in [-0.1, -0.05) is 0 Å². The van der Waals surface area contributed by atoms with Gasteiger partial charge in [0, 0.05) is 6.42 Å². The summed E-state index contributed by atoms with van der Waals surface area (Å²) in [6.45, 7) is 0.900. The van der Waals surface area contributed by atoms with Gasteiger partial charge in [0.25, 0.3) is 0 Å². The zero-order valence-electron chi connectivity index (χ0n) is 7.01. The summed E-state index contributed by atoms with van der Waals surface area (Å²) in [5.41, 5.74) is 0.868. The van der Waals surface area contributed by atoms with Crippen LogP contribution in [0.3, 0.4) is 0 Å². The molecule has 0 heterocycles. The lowest BCUT2D eigenvalue weighted by Gasteiger charge is -2.26. The minimum atomic E-state index is -0.709. The molecule has 0 unspecified atom stereocenters. The molecule has 4 heteroatoms. The molecule has 0 aromatic carbocycles. The highest BCUT2D eigenvalue weighted by atomic mass is 79.9. The summed E-state index contributed by atoms with van der Waals surface area (Å²) in [5.74, 6) is -0.709. The maximum atomic E-state index is 10.2. The van der Waals surface area contributed by atoms with Crippen LogP contribution in [-0.2, 0) is 4.79 Å². The van der Waals surface area contributed by atoms with E-state index in [9.17, 15) is 4.79 Å². The van der Waals surface area contributed by atoms with Gasteiger partial charge in [0.2, 0.25) is 0 Å². The molecule has 1 N–H and O–H groups in total. The van der Waals surface area contributed by atoms with E-state index in [1.807, 2.05) is 0 Å². The minimum absolute atomic E-state index is 0.272. The van der Waals surface area contributed by atoms with Gasteiger partial charge < -0.3 is 9.59 Å². The van der Waals surface area contributed by atoms with Crippen LogP contribution in [0.4, 0.5) is 0 Å². The molecule has 0 aromatic heterocycles. The molecule has 0 atom stereocenters. The number of quaternary nitrogens is 1. The van der Waals surface area contributed by atoms with Gasteiger partial charge in [0.15, 0.2) is 0 Å². The fraction of sp³-hybridized carbons (Fsp3) is 0.857. The van der Waals surface area contributed by atoms with Crippen molar-refractivity contribution in [2.45, 2.75) is 12.8 Å². The first-order valence-corrected chi connectivity index (χ1v) is 4.70. The Morgan fingerprint density at radius 2 is 2.09 bits per heavy atom. The topological polar surface area (TPSA) is 37.3 Å². The largest absolute Gasteiger partial charge is 0.481 e. The quantitative estimate of drug-likeness (QED) is 0.434. The van der Waals surface area contributed by atoms with Crippen molar-refractivity contribution < 1.29 is 14.4 Å². The Morgan fingerprint density at radius 3 is 2.45 bits per heavy atom. The number of hydrogen-bond donors (Lipinski definition) is 1. The van der Waals surface area contributed by atoms with Crippen LogP contribution in [0.5, 0.6) is 0 Å². The minimum Gasteiger partial charge on any atom is -0.481 e. The second-order valence-electron chi connectivity index (χ2n) is 3.28. The van der Waals surface area contributed by atoms with Crippen molar-refractivity contribution in [3.63, 3.8) is 0 Å². The van der Waals surface area contributed by atoms with Crippen molar-refractivity contribution in [1.82, 2.24) is 0 Å². The molecule has 11 heavy (non-hydrogen) atoms. The van der Waals surface area contributed by atoms with Crippen LogP contribution in [0.25, 0.3) is 0 Å². The molecule has 0 spiro atoms. The summed E-state index contributed by atoms with van der Waals surface area (Å²) in [4.78, 5) is 10.2. The van der Waals surface area contributed by atoms with Crippen molar-refractivity contribution in [3.8, 4) is 0 Å². The lowest BCUT2D eigenvalue weighted by atomic mass is 10.3. The van der Waals surface area contributed by atoms with Gasteiger partial charge in [0.1, 0.15) is 5.45 Å². The molecule has 0 radical (unpaired) electrons. The van der Waals surface area contributed by atoms with Gasteiger partial charge in [-0.25, -0.2) is 0 Å². The molecule has 0 aliphatic carbocycles. The van der Waals surface area contributed by atoms with Crippen LogP contribution < -0.4 is 0 Å². The molecule has 66 valence electrons. The molecule has 0 saturated heterocycles. The standard InChI is InChI=1S/C7H14BrNO2/c1-9(2,6-8)5-3-4-7(10)11/h3-6H2,1-2H3/p+1. The van der Waals surface area contributed by atoms with E-state index in [4.69, 9.17) is 5.11 Å². The Morgan fingerprint density at radius 1 is 1.55 bits per heavy atom. The Bertz CT molecular complexity index is 136. The molecule has 0 aliphatic rings. The van der Waals surface area contributed by atoms with E-state index in [1.54, 1.807) is 0 Å². The number of nitrogens with zero attached hydrogens (tertiary/aromatic N) is 1. The van der Waals surface area contributed by atoms with E-state index in [2.05, 4.69) is 30.0 Å². The summed E-state index contributed by atoms with van der Waals surface area (Å²) in [5, 5.41) is 8.36. The van der Waals surface area contributed by atoms with Gasteiger partial charge >= 0.3 is 5.97 Å². The summed E-state index contributed by atoms with van der Waals surface area (Å²) >= 11 is 3.36. The van der Waals surface area contributed by atoms with Gasteiger partial charge in [0.05, 0.1) is 27.1 Å². The average Bonchev–Trinajstić information content (AvgIpc) is 1.87. The van der Waals surface area contributed by atoms with Crippen LogP contribution in [0, 0.1) is 0 Å². The van der Waals surface area contributed by atoms with Crippen molar-refractivity contribution in [3.05, 3.63) is 0 Å². The van der Waals surface area contributed by atoms with E-state index >= 15 is 0 Å². The van der Waals surface area contributed by atoms with Crippen molar-refractivity contribution in [2.75, 3.05) is 26.1 Å². The lowest BCUT2D eigenvalue weighted by Crippen LogP contribution is -2.38. The number of carbonyl (C=O) groups is 1. The van der Waals surface area contributed by atoms with Gasteiger partial charge in [-0.05, 0) is 15.9 Å². The molecule has 0 aliphatic heterocycles. The molecule has 3 nitrogen and oxygen atoms in total. The van der Waals surface area contributed by atoms with Crippen LogP contribution in [0.15, 0.2) is 0 Å². The number of carboxylic acids is 1. The SMILES string of the molecule is C[N+](C)(CBr)CCCC(=O)O. The first-order valence-electron chi connectivity index (χ1n) is 3.58. The van der Waals surface area contributed by atoms with Gasteiger partial charge in [-0.15, -0.1) is 0 Å². The maximum absolute atomic E-state index is 10.2. The maximum Gasteiger partial charge on any atom is 0.303 e. The second kappa shape index (κ2) is 4.72. The van der Waals surface area contributed by atoms with E-state index in [-0.39, 0.29) is 6.42 Å². The van der Waals surface area contributed by atoms with Crippen LogP contribution in [0.1, 0.15) is 12.8 Å². The predicted octanol–water partition coefficient (Wildman–Crippen LogP) is 1.28. The van der Waals surface area contributed by atoms with E-state index < -0.39 is 5.97 Å². The number of aliphatic carboxylic acids is 1. The highest BCUT2D eigenvalue weighted by Gasteiger charge is 2.12. The molecule has 0 saturated carbocycles. The predicted molar refractivity (Wildman–Crippen MR) is 47.6 cm³/mol. The van der Waals surface area contributed by atoms with Crippen LogP contribution in [-0.4, -0.2) is 41.7 Å². The van der Waals surface area contributed by atoms with Gasteiger partial charge in [-0.3, -0.25) is 4.79 Å². The van der Waals surface area contributed by atoms with Crippen molar-refractivity contribution in [1.29, 1.82) is 0 Å². The number of carboxylic acid groups (broad SMARTS) is 1. The highest BCUT2D eigenvalue weighted by Crippen LogP contribution is 2.04. The number of halogens is 1. The number of hydrogen-bond acceptors (Lipinski definition) is 1. The zero-order valence-corrected chi connectivity index (χ0v) is 8.60. The normalized spacial score (nSPS) is 11.5. The molecule has 0 aromatic rings. The first-order chi connectivity index (χ1) is 4.98. The molecule has 0 rings (SSSR count). The smallest absolute Gasteiger partial charge is 0.303 e. The summed E-state index contributed by atoms with van der Waals surface area (Å²) in [6.07, 6.45) is 1.02. The Balaban J connectivity index is 3.45. The van der Waals surface area contributed by atoms with Crippen LogP contribution in [0.2, 0.25) is 0 Å². The molecular formula is C7H15BrNO2+. The van der Waals surface area contributed by atoms with Crippen molar-refractivity contribution >= 4 is 21.9 Å². The molecule has 0 bridgehead atoms. The number of rotatable bonds is 5. The summed E-state index contributed by atoms with van der Waals surface area (Å²) < 4.78 is 0.827. The van der Waals surface area contributed by atoms with Crippen molar-refractivity contribution in [2.24, 2.45) is 0 Å². The fourth-order valence-corrected chi connectivity index (χ4v) is 0.969. The number of alkyl halides is 1. The first kappa shape index (κ1) is 10.9. The van der Waals surface area contributed by atoms with Gasteiger partial charge in [-0.2, -0.15) is 0 Å². The Hall–Kier alpha value is -0.0900. The average molecular weight is 225 g/mol. The Labute approximate surface area is 75.7 Å². The molecule has 0 amide bonds. The highest BCUT2D eigenvalue weighted by molar-refractivity contribution is 9.09. The third-order valence-electron chi connectivity index (χ3n) is 1.48. The Kier molecular flexibility index (Phi) is 4.68. The molecular weight excluding hydrogens is 210 g/mol. The van der Waals surface area contributed by atoms with Crippen LogP contribution >= 0.6 is 15.9 Å². The third-order valence-corrected chi connectivity index (χ3v) is 2.84. The van der Waals surface area contributed by atoms with E-state index in [0.29, 0.717) is 0 Å². The second-order valence-corrected chi connectivity index (χ2v) is 3.78. The van der Waals surface area contributed by atoms with E-state index in [1.165, 1.54) is 0 Å².